The molecule has 12 aromatic rings. The Labute approximate surface area is 421 Å². The van der Waals surface area contributed by atoms with Gasteiger partial charge in [-0.1, -0.05) is 228 Å². The molecule has 0 aliphatic carbocycles. The number of benzene rings is 10. The Hall–Kier alpha value is -7.77. The summed E-state index contributed by atoms with van der Waals surface area (Å²) in [6.45, 7) is 0. The number of hydrogen-bond acceptors (Lipinski definition) is 0. The highest BCUT2D eigenvalue weighted by Crippen LogP contribution is 2.41. The SMILES string of the molecule is [2H]c1cc([Si](c2c([2H])c([2H])c([2H])c([2H])c2[2H])(c2c([2H])c([2H])c([2H])c([2H])c2[2H])c2c([2H])c([2H])c([2H])c(-n3c4ccccc4c4ccc5c(c6ccccc6n5-c5c([2H])c([2H])c([2H])c([Si](c6c([2H])c([2H])c([2H])c([2H])c6[2H])c6c([2H])c([2H])c([2H])c([2H])c6[2H])c5[2H])c43)c2[2H])c([2H])c([2H])c1[2H]. The number of para-hydroxylation sites is 2. The van der Waals surface area contributed by atoms with Crippen LogP contribution in [0.25, 0.3) is 55.0 Å². The lowest BCUT2D eigenvalue weighted by Gasteiger charge is -2.34. The molecule has 2 nitrogen and oxygen atoms in total. The van der Waals surface area contributed by atoms with E-state index >= 15 is 0 Å². The zero-order valence-corrected chi connectivity index (χ0v) is 34.7. The summed E-state index contributed by atoms with van der Waals surface area (Å²) in [6.07, 6.45) is 0. The van der Waals surface area contributed by atoms with Crippen LogP contribution >= 0.6 is 0 Å². The van der Waals surface area contributed by atoms with Crippen molar-refractivity contribution in [1.82, 2.24) is 9.13 Å². The van der Waals surface area contributed by atoms with Crippen LogP contribution in [0.1, 0.15) is 43.9 Å². The first kappa shape index (κ1) is 17.4. The number of aromatic nitrogens is 2. The van der Waals surface area contributed by atoms with Crippen LogP contribution in [-0.4, -0.2) is 26.0 Å². The quantitative estimate of drug-likeness (QED) is 0.101. The molecule has 0 spiro atoms. The summed E-state index contributed by atoms with van der Waals surface area (Å²) in [4.78, 5) is 0. The van der Waals surface area contributed by atoms with Gasteiger partial charge in [0.05, 0.1) is 65.9 Å². The highest BCUT2D eigenvalue weighted by Gasteiger charge is 2.41. The summed E-state index contributed by atoms with van der Waals surface area (Å²) < 4.78 is 300. The van der Waals surface area contributed by atoms with Crippen LogP contribution in [0, 0.1) is 0 Å². The Bertz CT molecular complexity index is 5290. The maximum Gasteiger partial charge on any atom is 0.179 e. The van der Waals surface area contributed by atoms with Gasteiger partial charge in [-0.25, -0.2) is 0 Å². The Morgan fingerprint density at radius 3 is 1.50 bits per heavy atom. The Morgan fingerprint density at radius 2 is 0.844 bits per heavy atom. The molecule has 0 aliphatic heterocycles. The predicted octanol–water partition coefficient (Wildman–Crippen LogP) is 9.77. The molecule has 10 aromatic carbocycles. The van der Waals surface area contributed by atoms with Crippen molar-refractivity contribution in [1.29, 1.82) is 0 Å². The van der Waals surface area contributed by atoms with Crippen LogP contribution in [0.4, 0.5) is 0 Å². The van der Waals surface area contributed by atoms with Gasteiger partial charge in [0.1, 0.15) is 0 Å². The van der Waals surface area contributed by atoms with Crippen molar-refractivity contribution in [3.05, 3.63) is 260 Å². The monoisotopic (exact) mass is 879 g/mol. The third-order valence-electron chi connectivity index (χ3n) is 11.0. The lowest BCUT2D eigenvalue weighted by molar-refractivity contribution is 1.18. The van der Waals surface area contributed by atoms with E-state index in [-0.39, 0.29) is 32.8 Å². The van der Waals surface area contributed by atoms with Crippen LogP contribution in [0.15, 0.2) is 260 Å². The van der Waals surface area contributed by atoms with Gasteiger partial charge in [-0.2, -0.15) is 0 Å². The van der Waals surface area contributed by atoms with Crippen LogP contribution in [-0.2, 0) is 0 Å². The maximum atomic E-state index is 10.8. The molecule has 2 aromatic heterocycles. The Balaban J connectivity index is 1.30. The van der Waals surface area contributed by atoms with Gasteiger partial charge in [0.25, 0.3) is 0 Å². The fourth-order valence-electron chi connectivity index (χ4n) is 8.45. The molecule has 0 unspecified atom stereocenters. The van der Waals surface area contributed by atoms with Gasteiger partial charge in [-0.05, 0) is 68.3 Å². The van der Waals surface area contributed by atoms with Crippen LogP contribution in [0.5, 0.6) is 0 Å². The molecule has 1 radical (unpaired) electrons. The lowest BCUT2D eigenvalue weighted by Crippen LogP contribution is -2.74. The third-order valence-corrected chi connectivity index (χ3v) is 17.3. The van der Waals surface area contributed by atoms with Crippen molar-refractivity contribution >= 4 is 96.8 Å². The number of rotatable bonds is 9. The maximum absolute atomic E-state index is 10.8. The van der Waals surface area contributed by atoms with Gasteiger partial charge in [-0.3, -0.25) is 0 Å². The number of fused-ring (bicyclic) bond motifs is 7. The van der Waals surface area contributed by atoms with Gasteiger partial charge in [-0.15, -0.1) is 0 Å². The number of nitrogens with zero attached hydrogens (tertiary/aromatic N) is 2. The molecular weight excluding hydrogens is 805 g/mol. The standard InChI is InChI=1S/C60H43N2Si2/c1-6-24-46(25-7-1)63(47-26-8-2-9-27-47)48-28-20-22-44(42-48)61-57-39-19-17-37-55(57)59-58(61)41-40-54-53-36-16-18-38-56(53)62(60(54)59)45-23-21-35-52(43-45)64(49-29-10-3-11-30-49,50-31-12-4-13-32-50)51-33-14-5-15-34-51/h1-43H/i1D,2D,3D,4D,5D,6D,7D,8D,9D,10D,11D,12D,13D,14D,15D,20D,21D,22D,23D,24D,25D,26D,27D,28D,29D,30D,31D,32D,33D,35D,42D,43D. The first-order valence-corrected chi connectivity index (χ1v) is 23.0. The molecule has 4 heteroatoms. The molecule has 0 aliphatic rings. The second kappa shape index (κ2) is 15.9. The smallest absolute Gasteiger partial charge is 0.179 e. The summed E-state index contributed by atoms with van der Waals surface area (Å²) in [6, 6.07) is -15.0. The fraction of sp³-hybridized carbons (Fsp3) is 0. The molecule has 0 N–H and O–H groups in total. The molecule has 0 saturated carbocycles. The Morgan fingerprint density at radius 1 is 0.344 bits per heavy atom. The van der Waals surface area contributed by atoms with Crippen LogP contribution < -0.4 is 36.3 Å². The van der Waals surface area contributed by atoms with E-state index in [2.05, 4.69) is 0 Å². The highest BCUT2D eigenvalue weighted by atomic mass is 28.3. The van der Waals surface area contributed by atoms with Gasteiger partial charge in [0, 0.05) is 32.9 Å². The van der Waals surface area contributed by atoms with E-state index in [9.17, 15) is 23.3 Å². The minimum atomic E-state index is -6.14. The van der Waals surface area contributed by atoms with Crippen LogP contribution in [0.2, 0.25) is 0 Å². The van der Waals surface area contributed by atoms with Crippen molar-refractivity contribution in [2.75, 3.05) is 0 Å². The molecule has 301 valence electrons. The molecule has 64 heavy (non-hydrogen) atoms. The van der Waals surface area contributed by atoms with Gasteiger partial charge < -0.3 is 9.13 Å². The molecule has 12 rings (SSSR count). The van der Waals surface area contributed by atoms with E-state index in [1.54, 1.807) is 42.5 Å². The highest BCUT2D eigenvalue weighted by molar-refractivity contribution is 7.19. The second-order valence-electron chi connectivity index (χ2n) is 14.2. The first-order valence-electron chi connectivity index (χ1n) is 35.5. The van der Waals surface area contributed by atoms with Gasteiger partial charge >= 0.3 is 0 Å². The number of hydrogen-bond donors (Lipinski definition) is 0. The van der Waals surface area contributed by atoms with E-state index < -0.39 is 258 Å². The van der Waals surface area contributed by atoms with E-state index in [1.807, 2.05) is 0 Å². The normalized spacial score (nSPS) is 18.9. The average Bonchev–Trinajstić information content (AvgIpc) is 1.49. The summed E-state index contributed by atoms with van der Waals surface area (Å²) in [5.41, 5.74) is -0.867. The van der Waals surface area contributed by atoms with Gasteiger partial charge in [0.15, 0.2) is 16.9 Å². The fourth-order valence-corrected chi connectivity index (χ4v) is 14.0. The minimum absolute atomic E-state index is 0.0257. The first-order chi connectivity index (χ1) is 45.1. The second-order valence-corrected chi connectivity index (χ2v) is 20.0. The van der Waals surface area contributed by atoms with Gasteiger partial charge in [0.2, 0.25) is 0 Å². The molecule has 0 amide bonds. The summed E-state index contributed by atoms with van der Waals surface area (Å²) in [7, 11) is -10.0. The Kier molecular flexibility index (Phi) is 4.32. The zero-order chi connectivity index (χ0) is 70.3. The molecule has 0 fully saturated rings. The third kappa shape index (κ3) is 6.06. The predicted molar refractivity (Wildman–Crippen MR) is 276 cm³/mol. The molecule has 0 atom stereocenters. The molecule has 0 bridgehead atoms. The average molecular weight is 880 g/mol. The van der Waals surface area contributed by atoms with E-state index in [4.69, 9.17) is 20.6 Å². The summed E-state index contributed by atoms with van der Waals surface area (Å²) >= 11 is 0. The van der Waals surface area contributed by atoms with Crippen LogP contribution in [0.3, 0.4) is 0 Å². The summed E-state index contributed by atoms with van der Waals surface area (Å²) in [5.74, 6) is 0. The van der Waals surface area contributed by atoms with E-state index in [0.29, 0.717) is 10.8 Å². The molecular formula is C60H43N2Si2. The molecule has 0 saturated heterocycles. The minimum Gasteiger partial charge on any atom is -0.309 e. The van der Waals surface area contributed by atoms with Crippen molar-refractivity contribution < 1.29 is 43.9 Å². The van der Waals surface area contributed by atoms with Crippen molar-refractivity contribution in [3.63, 3.8) is 0 Å². The topological polar surface area (TPSA) is 9.86 Å². The van der Waals surface area contributed by atoms with E-state index in [0.717, 1.165) is 6.07 Å². The molecule has 2 heterocycles. The van der Waals surface area contributed by atoms with Crippen molar-refractivity contribution in [2.24, 2.45) is 0 Å². The van der Waals surface area contributed by atoms with Crippen molar-refractivity contribution in [2.45, 2.75) is 0 Å². The van der Waals surface area contributed by atoms with E-state index in [1.165, 1.54) is 27.3 Å². The van der Waals surface area contributed by atoms with Crippen molar-refractivity contribution in [3.8, 4) is 11.4 Å². The largest absolute Gasteiger partial charge is 0.309 e. The lowest BCUT2D eigenvalue weighted by atomic mass is 10.1. The summed E-state index contributed by atoms with van der Waals surface area (Å²) in [5, 5.41) is -4.54. The zero-order valence-electron chi connectivity index (χ0n) is 64.7.